The van der Waals surface area contributed by atoms with Crippen LogP contribution in [0.3, 0.4) is 0 Å². The summed E-state index contributed by atoms with van der Waals surface area (Å²) in [5, 5.41) is 3.54. The van der Waals surface area contributed by atoms with Crippen molar-refractivity contribution in [2.45, 2.75) is 30.8 Å². The molecule has 0 bridgehead atoms. The van der Waals surface area contributed by atoms with E-state index in [1.165, 1.54) is 23.3 Å². The molecule has 2 aromatic rings. The first-order valence-corrected chi connectivity index (χ1v) is 7.65. The molecule has 0 spiro atoms. The van der Waals surface area contributed by atoms with Crippen molar-refractivity contribution in [3.8, 4) is 0 Å². The molecule has 2 aromatic carbocycles. The van der Waals surface area contributed by atoms with Crippen LogP contribution in [0.5, 0.6) is 0 Å². The number of benzene rings is 2. The third kappa shape index (κ3) is 2.64. The van der Waals surface area contributed by atoms with Crippen molar-refractivity contribution in [3.05, 3.63) is 70.8 Å². The number of hydrogen-bond acceptors (Lipinski definition) is 2. The van der Waals surface area contributed by atoms with Crippen LogP contribution in [0.4, 0.5) is 13.2 Å². The third-order valence-corrected chi connectivity index (χ3v) is 4.68. The van der Waals surface area contributed by atoms with Crippen LogP contribution in [-0.4, -0.2) is 12.7 Å². The molecule has 5 heteroatoms. The predicted octanol–water partition coefficient (Wildman–Crippen LogP) is 4.03. The molecule has 4 rings (SSSR count). The van der Waals surface area contributed by atoms with E-state index in [4.69, 9.17) is 4.74 Å². The Balaban J connectivity index is 1.56. The Morgan fingerprint density at radius 2 is 1.74 bits per heavy atom. The van der Waals surface area contributed by atoms with E-state index in [9.17, 15) is 13.2 Å². The van der Waals surface area contributed by atoms with Crippen LogP contribution >= 0.6 is 0 Å². The fraction of sp³-hybridized carbons (Fsp3) is 0.333. The Hall–Kier alpha value is -1.85. The Bertz CT molecular complexity index is 711. The molecule has 2 aliphatic rings. The van der Waals surface area contributed by atoms with Crippen LogP contribution in [0.2, 0.25) is 0 Å². The van der Waals surface area contributed by atoms with Crippen molar-refractivity contribution >= 4 is 0 Å². The molecule has 1 aliphatic carbocycles. The van der Waals surface area contributed by atoms with E-state index in [-0.39, 0.29) is 18.2 Å². The lowest BCUT2D eigenvalue weighted by molar-refractivity contribution is -0.137. The Morgan fingerprint density at radius 3 is 2.48 bits per heavy atom. The fourth-order valence-electron chi connectivity index (χ4n) is 3.49. The van der Waals surface area contributed by atoms with Gasteiger partial charge in [0.2, 0.25) is 0 Å². The fourth-order valence-corrected chi connectivity index (χ4v) is 3.49. The van der Waals surface area contributed by atoms with E-state index in [2.05, 4.69) is 17.4 Å². The molecule has 1 aliphatic heterocycles. The quantitative estimate of drug-likeness (QED) is 0.857. The molecule has 23 heavy (non-hydrogen) atoms. The summed E-state index contributed by atoms with van der Waals surface area (Å²) in [4.78, 5) is 0. The lowest BCUT2D eigenvalue weighted by Gasteiger charge is -2.34. The van der Waals surface area contributed by atoms with Crippen molar-refractivity contribution in [2.75, 3.05) is 6.61 Å². The largest absolute Gasteiger partial charge is 0.416 e. The van der Waals surface area contributed by atoms with Crippen molar-refractivity contribution in [1.82, 2.24) is 5.32 Å². The molecule has 1 saturated heterocycles. The lowest BCUT2D eigenvalue weighted by atomic mass is 10.00. The van der Waals surface area contributed by atoms with Crippen LogP contribution in [0.25, 0.3) is 0 Å². The van der Waals surface area contributed by atoms with Gasteiger partial charge in [-0.1, -0.05) is 36.4 Å². The zero-order valence-electron chi connectivity index (χ0n) is 12.3. The topological polar surface area (TPSA) is 21.3 Å². The van der Waals surface area contributed by atoms with Gasteiger partial charge in [0.05, 0.1) is 30.4 Å². The number of morpholine rings is 1. The van der Waals surface area contributed by atoms with E-state index in [1.807, 2.05) is 12.1 Å². The summed E-state index contributed by atoms with van der Waals surface area (Å²) >= 11 is 0. The van der Waals surface area contributed by atoms with E-state index < -0.39 is 11.7 Å². The molecule has 0 unspecified atom stereocenters. The van der Waals surface area contributed by atoms with Crippen molar-refractivity contribution in [2.24, 2.45) is 0 Å². The normalized spacial score (nSPS) is 26.7. The highest BCUT2D eigenvalue weighted by molar-refractivity contribution is 5.38. The second kappa shape index (κ2) is 5.35. The summed E-state index contributed by atoms with van der Waals surface area (Å²) in [5.74, 6) is 0. The maximum Gasteiger partial charge on any atom is 0.416 e. The average Bonchev–Trinajstić information content (AvgIpc) is 2.92. The van der Waals surface area contributed by atoms with Gasteiger partial charge < -0.3 is 4.74 Å². The highest BCUT2D eigenvalue weighted by Crippen LogP contribution is 2.38. The smallest absolute Gasteiger partial charge is 0.374 e. The highest BCUT2D eigenvalue weighted by atomic mass is 19.4. The molecule has 0 radical (unpaired) electrons. The van der Waals surface area contributed by atoms with Gasteiger partial charge in [-0.2, -0.15) is 13.2 Å². The van der Waals surface area contributed by atoms with Gasteiger partial charge in [-0.05, 0) is 28.8 Å². The Labute approximate surface area is 132 Å². The second-order valence-electron chi connectivity index (χ2n) is 6.09. The Morgan fingerprint density at radius 1 is 1.00 bits per heavy atom. The monoisotopic (exact) mass is 319 g/mol. The first-order valence-electron chi connectivity index (χ1n) is 7.65. The first-order chi connectivity index (χ1) is 11.0. The van der Waals surface area contributed by atoms with Gasteiger partial charge in [-0.15, -0.1) is 0 Å². The summed E-state index contributed by atoms with van der Waals surface area (Å²) in [5.41, 5.74) is 2.71. The molecule has 0 saturated carbocycles. The molecule has 1 heterocycles. The van der Waals surface area contributed by atoms with Gasteiger partial charge in [0, 0.05) is 6.42 Å². The van der Waals surface area contributed by atoms with E-state index in [0.29, 0.717) is 6.61 Å². The number of hydrogen-bond donors (Lipinski definition) is 1. The SMILES string of the molecule is FC(F)(F)c1ccc([C@H]2CO[C@H]3Cc4ccccc4[C@H]3N2)cc1. The van der Waals surface area contributed by atoms with Crippen molar-refractivity contribution in [3.63, 3.8) is 0 Å². The van der Waals surface area contributed by atoms with Gasteiger partial charge in [0.15, 0.2) is 0 Å². The minimum atomic E-state index is -4.30. The minimum absolute atomic E-state index is 0.0929. The molecule has 0 amide bonds. The molecular formula is C18H16F3NO. The summed E-state index contributed by atoms with van der Waals surface area (Å²) < 4.78 is 44.0. The van der Waals surface area contributed by atoms with Gasteiger partial charge in [0.25, 0.3) is 0 Å². The van der Waals surface area contributed by atoms with Gasteiger partial charge in [-0.3, -0.25) is 5.32 Å². The predicted molar refractivity (Wildman–Crippen MR) is 79.9 cm³/mol. The molecule has 0 aromatic heterocycles. The van der Waals surface area contributed by atoms with Gasteiger partial charge in [0.1, 0.15) is 0 Å². The number of rotatable bonds is 1. The zero-order chi connectivity index (χ0) is 16.0. The lowest BCUT2D eigenvalue weighted by Crippen LogP contribution is -2.42. The van der Waals surface area contributed by atoms with Crippen molar-refractivity contribution < 1.29 is 17.9 Å². The zero-order valence-corrected chi connectivity index (χ0v) is 12.3. The third-order valence-electron chi connectivity index (χ3n) is 4.68. The van der Waals surface area contributed by atoms with Crippen LogP contribution in [0, 0.1) is 0 Å². The maximum absolute atomic E-state index is 12.7. The molecular weight excluding hydrogens is 303 g/mol. The van der Waals surface area contributed by atoms with Crippen molar-refractivity contribution in [1.29, 1.82) is 0 Å². The summed E-state index contributed by atoms with van der Waals surface area (Å²) in [6, 6.07) is 13.6. The molecule has 2 nitrogen and oxygen atoms in total. The van der Waals surface area contributed by atoms with Gasteiger partial charge in [-0.25, -0.2) is 0 Å². The maximum atomic E-state index is 12.7. The number of alkyl halides is 3. The van der Waals surface area contributed by atoms with E-state index in [0.717, 1.165) is 24.1 Å². The minimum Gasteiger partial charge on any atom is -0.374 e. The number of fused-ring (bicyclic) bond motifs is 3. The number of nitrogens with one attached hydrogen (secondary N) is 1. The van der Waals surface area contributed by atoms with Crippen LogP contribution in [0.15, 0.2) is 48.5 Å². The van der Waals surface area contributed by atoms with E-state index in [1.54, 1.807) is 0 Å². The first kappa shape index (κ1) is 14.7. The second-order valence-corrected chi connectivity index (χ2v) is 6.09. The standard InChI is InChI=1S/C18H16F3NO/c19-18(20,21)13-7-5-11(6-8-13)15-10-23-16-9-12-3-1-2-4-14(12)17(16)22-15/h1-8,15-17,22H,9-10H2/t15-,16+,17-/m1/s1. The van der Waals surface area contributed by atoms with Gasteiger partial charge >= 0.3 is 6.18 Å². The van der Waals surface area contributed by atoms with Crippen LogP contribution in [0.1, 0.15) is 34.3 Å². The summed E-state index contributed by atoms with van der Waals surface area (Å²) in [6.07, 6.45) is -3.31. The average molecular weight is 319 g/mol. The summed E-state index contributed by atoms with van der Waals surface area (Å²) in [7, 11) is 0. The highest BCUT2D eigenvalue weighted by Gasteiger charge is 2.38. The molecule has 120 valence electrons. The molecule has 1 fully saturated rings. The van der Waals surface area contributed by atoms with Crippen LogP contribution < -0.4 is 5.32 Å². The summed E-state index contributed by atoms with van der Waals surface area (Å²) in [6.45, 7) is 0.473. The Kier molecular flexibility index (Phi) is 3.43. The molecule has 1 N–H and O–H groups in total. The number of halogens is 3. The molecule has 3 atom stereocenters. The number of ether oxygens (including phenoxy) is 1. The van der Waals surface area contributed by atoms with E-state index >= 15 is 0 Å². The van der Waals surface area contributed by atoms with Crippen LogP contribution in [-0.2, 0) is 17.3 Å².